The molecule has 4 nitrogen and oxygen atoms in total. The van der Waals surface area contributed by atoms with Crippen molar-refractivity contribution in [2.45, 2.75) is 65.2 Å². The molecule has 1 aromatic heterocycles. The van der Waals surface area contributed by atoms with E-state index in [9.17, 15) is 0 Å². The van der Waals surface area contributed by atoms with Crippen molar-refractivity contribution in [2.24, 2.45) is 11.8 Å². The van der Waals surface area contributed by atoms with Crippen LogP contribution in [-0.4, -0.2) is 16.5 Å². The molecule has 0 saturated heterocycles. The second-order valence-electron chi connectivity index (χ2n) is 7.60. The molecule has 1 aliphatic rings. The summed E-state index contributed by atoms with van der Waals surface area (Å²) in [5.74, 6) is 3.96. The van der Waals surface area contributed by atoms with Gasteiger partial charge in [-0.25, -0.2) is 9.97 Å². The van der Waals surface area contributed by atoms with Gasteiger partial charge < -0.3 is 11.1 Å². The average Bonchev–Trinajstić information content (AvgIpc) is 2.37. The number of anilines is 2. The summed E-state index contributed by atoms with van der Waals surface area (Å²) in [4.78, 5) is 8.94. The van der Waals surface area contributed by atoms with E-state index in [1.807, 2.05) is 6.07 Å². The van der Waals surface area contributed by atoms with E-state index in [1.165, 1.54) is 32.1 Å². The van der Waals surface area contributed by atoms with Crippen LogP contribution in [0, 0.1) is 11.8 Å². The molecule has 0 bridgehead atoms. The molecule has 118 valence electrons. The summed E-state index contributed by atoms with van der Waals surface area (Å²) in [5, 5.41) is 3.43. The van der Waals surface area contributed by atoms with Crippen LogP contribution in [0.15, 0.2) is 6.07 Å². The summed E-state index contributed by atoms with van der Waals surface area (Å²) in [6.45, 7) is 9.66. The van der Waals surface area contributed by atoms with E-state index >= 15 is 0 Å². The summed E-state index contributed by atoms with van der Waals surface area (Å²) in [7, 11) is 0. The highest BCUT2D eigenvalue weighted by Crippen LogP contribution is 2.30. The van der Waals surface area contributed by atoms with Gasteiger partial charge in [0.15, 0.2) is 0 Å². The summed E-state index contributed by atoms with van der Waals surface area (Å²) >= 11 is 0. The molecule has 3 N–H and O–H groups in total. The van der Waals surface area contributed by atoms with Crippen molar-refractivity contribution in [1.29, 1.82) is 0 Å². The van der Waals surface area contributed by atoms with Crippen molar-refractivity contribution in [2.75, 3.05) is 17.6 Å². The molecule has 0 aliphatic heterocycles. The number of aromatic nitrogens is 2. The van der Waals surface area contributed by atoms with E-state index in [4.69, 9.17) is 5.73 Å². The molecule has 2 unspecified atom stereocenters. The summed E-state index contributed by atoms with van der Waals surface area (Å²) in [6.07, 6.45) is 6.77. The minimum Gasteiger partial charge on any atom is -0.384 e. The normalized spacial score (nSPS) is 23.0. The van der Waals surface area contributed by atoms with E-state index in [0.29, 0.717) is 5.82 Å². The lowest BCUT2D eigenvalue weighted by Crippen LogP contribution is -2.20. The first-order valence-corrected chi connectivity index (χ1v) is 8.23. The fourth-order valence-corrected chi connectivity index (χ4v) is 3.12. The van der Waals surface area contributed by atoms with E-state index in [-0.39, 0.29) is 5.41 Å². The molecular formula is C17H30N4. The Labute approximate surface area is 128 Å². The Morgan fingerprint density at radius 2 is 2.05 bits per heavy atom. The third-order valence-corrected chi connectivity index (χ3v) is 4.32. The van der Waals surface area contributed by atoms with Gasteiger partial charge in [-0.05, 0) is 24.7 Å². The van der Waals surface area contributed by atoms with E-state index in [0.717, 1.165) is 30.0 Å². The highest BCUT2D eigenvalue weighted by molar-refractivity contribution is 5.45. The van der Waals surface area contributed by atoms with Crippen molar-refractivity contribution >= 4 is 11.6 Å². The van der Waals surface area contributed by atoms with Gasteiger partial charge in [0.25, 0.3) is 0 Å². The maximum absolute atomic E-state index is 5.90. The van der Waals surface area contributed by atoms with Crippen LogP contribution in [0.4, 0.5) is 11.6 Å². The molecule has 4 heteroatoms. The predicted molar refractivity (Wildman–Crippen MR) is 89.4 cm³/mol. The fraction of sp³-hybridized carbons (Fsp3) is 0.765. The van der Waals surface area contributed by atoms with E-state index in [1.54, 1.807) is 0 Å². The zero-order valence-corrected chi connectivity index (χ0v) is 13.9. The summed E-state index contributed by atoms with van der Waals surface area (Å²) < 4.78 is 0. The minimum atomic E-state index is -0.0788. The molecule has 1 aliphatic carbocycles. The first-order chi connectivity index (χ1) is 9.84. The second kappa shape index (κ2) is 6.63. The van der Waals surface area contributed by atoms with Crippen LogP contribution in [0.5, 0.6) is 0 Å². The van der Waals surface area contributed by atoms with Gasteiger partial charge in [0.05, 0.1) is 0 Å². The predicted octanol–water partition coefficient (Wildman–Crippen LogP) is 3.98. The number of nitrogens with zero attached hydrogens (tertiary/aromatic N) is 2. The first kappa shape index (κ1) is 16.1. The molecule has 1 heterocycles. The van der Waals surface area contributed by atoms with Gasteiger partial charge in [-0.3, -0.25) is 0 Å². The molecule has 1 fully saturated rings. The van der Waals surface area contributed by atoms with Crippen LogP contribution < -0.4 is 11.1 Å². The number of hydrogen-bond donors (Lipinski definition) is 2. The van der Waals surface area contributed by atoms with Gasteiger partial charge in [-0.2, -0.15) is 0 Å². The van der Waals surface area contributed by atoms with Crippen molar-refractivity contribution < 1.29 is 0 Å². The third kappa shape index (κ3) is 4.87. The van der Waals surface area contributed by atoms with Gasteiger partial charge in [-0.1, -0.05) is 47.0 Å². The summed E-state index contributed by atoms with van der Waals surface area (Å²) in [5.41, 5.74) is 5.82. The largest absolute Gasteiger partial charge is 0.384 e. The molecule has 0 spiro atoms. The molecule has 0 amide bonds. The SMILES string of the molecule is CC1CCCC(CCNc2cc(N)nc(C(C)(C)C)n2)C1. The Balaban J connectivity index is 1.89. The van der Waals surface area contributed by atoms with Crippen molar-refractivity contribution in [3.05, 3.63) is 11.9 Å². The first-order valence-electron chi connectivity index (χ1n) is 8.23. The maximum Gasteiger partial charge on any atom is 0.138 e. The molecule has 0 radical (unpaired) electrons. The van der Waals surface area contributed by atoms with Crippen LogP contribution in [0.25, 0.3) is 0 Å². The Hall–Kier alpha value is -1.32. The Bertz CT molecular complexity index is 464. The summed E-state index contributed by atoms with van der Waals surface area (Å²) in [6, 6.07) is 1.83. The lowest BCUT2D eigenvalue weighted by molar-refractivity contribution is 0.274. The average molecular weight is 290 g/mol. The van der Waals surface area contributed by atoms with Gasteiger partial charge >= 0.3 is 0 Å². The smallest absolute Gasteiger partial charge is 0.138 e. The fourth-order valence-electron chi connectivity index (χ4n) is 3.12. The van der Waals surface area contributed by atoms with Crippen molar-refractivity contribution in [1.82, 2.24) is 9.97 Å². The number of rotatable bonds is 4. The van der Waals surface area contributed by atoms with Crippen LogP contribution in [0.1, 0.15) is 65.6 Å². The third-order valence-electron chi connectivity index (χ3n) is 4.32. The lowest BCUT2D eigenvalue weighted by atomic mass is 9.81. The van der Waals surface area contributed by atoms with Gasteiger partial charge in [0.1, 0.15) is 17.5 Å². The molecule has 1 aromatic rings. The monoisotopic (exact) mass is 290 g/mol. The quantitative estimate of drug-likeness (QED) is 0.880. The molecule has 2 rings (SSSR count). The van der Waals surface area contributed by atoms with Crippen molar-refractivity contribution in [3.63, 3.8) is 0 Å². The Morgan fingerprint density at radius 1 is 1.29 bits per heavy atom. The molecular weight excluding hydrogens is 260 g/mol. The topological polar surface area (TPSA) is 63.8 Å². The zero-order chi connectivity index (χ0) is 15.5. The Kier molecular flexibility index (Phi) is 5.07. The zero-order valence-electron chi connectivity index (χ0n) is 13.9. The number of nitrogen functional groups attached to an aromatic ring is 1. The number of nitrogens with one attached hydrogen (secondary N) is 1. The standard InChI is InChI=1S/C17H30N4/c1-12-6-5-7-13(10-12)8-9-19-15-11-14(18)20-16(21-15)17(2,3)4/h11-13H,5-10H2,1-4H3,(H3,18,19,20,21). The van der Waals surface area contributed by atoms with E-state index in [2.05, 4.69) is 43.0 Å². The molecule has 0 aromatic carbocycles. The highest BCUT2D eigenvalue weighted by atomic mass is 15.1. The number of hydrogen-bond acceptors (Lipinski definition) is 4. The van der Waals surface area contributed by atoms with Crippen molar-refractivity contribution in [3.8, 4) is 0 Å². The van der Waals surface area contributed by atoms with Crippen LogP contribution >= 0.6 is 0 Å². The van der Waals surface area contributed by atoms with Crippen LogP contribution in [0.2, 0.25) is 0 Å². The van der Waals surface area contributed by atoms with Crippen LogP contribution in [0.3, 0.4) is 0 Å². The maximum atomic E-state index is 5.90. The Morgan fingerprint density at radius 3 is 2.71 bits per heavy atom. The second-order valence-corrected chi connectivity index (χ2v) is 7.60. The van der Waals surface area contributed by atoms with Gasteiger partial charge in [0, 0.05) is 18.0 Å². The molecule has 21 heavy (non-hydrogen) atoms. The van der Waals surface area contributed by atoms with E-state index < -0.39 is 0 Å². The number of nitrogens with two attached hydrogens (primary N) is 1. The lowest BCUT2D eigenvalue weighted by Gasteiger charge is -2.26. The molecule has 1 saturated carbocycles. The van der Waals surface area contributed by atoms with Gasteiger partial charge in [0.2, 0.25) is 0 Å². The highest BCUT2D eigenvalue weighted by Gasteiger charge is 2.20. The minimum absolute atomic E-state index is 0.0788. The van der Waals surface area contributed by atoms with Crippen LogP contribution in [-0.2, 0) is 5.41 Å². The van der Waals surface area contributed by atoms with Gasteiger partial charge in [-0.15, -0.1) is 0 Å². The molecule has 2 atom stereocenters.